The third kappa shape index (κ3) is 3.20. The smallest absolute Gasteiger partial charge is 0.352 e. The van der Waals surface area contributed by atoms with E-state index in [2.05, 4.69) is 9.71 Å². The van der Waals surface area contributed by atoms with Gasteiger partial charge in [0.2, 0.25) is 10.0 Å². The average molecular weight is 340 g/mol. The summed E-state index contributed by atoms with van der Waals surface area (Å²) in [6.07, 6.45) is 1.38. The number of fused-ring (bicyclic) bond motifs is 1. The molecular weight excluding hydrogens is 327 g/mol. The van der Waals surface area contributed by atoms with Crippen LogP contribution in [0.15, 0.2) is 35.4 Å². The highest BCUT2D eigenvalue weighted by Crippen LogP contribution is 2.26. The van der Waals surface area contributed by atoms with Gasteiger partial charge in [-0.2, -0.15) is 0 Å². The molecule has 1 atom stereocenters. The molecule has 0 bridgehead atoms. The summed E-state index contributed by atoms with van der Waals surface area (Å²) in [7, 11) is -3.90. The first kappa shape index (κ1) is 15.5. The van der Waals surface area contributed by atoms with E-state index in [1.165, 1.54) is 18.2 Å². The molecule has 0 saturated carbocycles. The Hall–Kier alpha value is -2.39. The molecule has 3 rings (SSSR count). The first-order chi connectivity index (χ1) is 10.8. The topological polar surface area (TPSA) is 108 Å². The van der Waals surface area contributed by atoms with Crippen LogP contribution in [-0.4, -0.2) is 37.1 Å². The standard InChI is InChI=1S/C14H13FN2O5S/c15-9-1-2-13-8(3-9)4-10(7-22-13)17-23(20,21)11-5-12(14(18)19)16-6-11/h1-3,5-6,10,16-17H,4,7H2,(H,18,19). The van der Waals surface area contributed by atoms with E-state index in [9.17, 15) is 17.6 Å². The second-order valence-electron chi connectivity index (χ2n) is 5.14. The molecule has 2 aromatic rings. The Morgan fingerprint density at radius 2 is 2.17 bits per heavy atom. The summed E-state index contributed by atoms with van der Waals surface area (Å²) in [5.41, 5.74) is 0.349. The summed E-state index contributed by atoms with van der Waals surface area (Å²) >= 11 is 0. The highest BCUT2D eigenvalue weighted by Gasteiger charge is 2.26. The monoisotopic (exact) mass is 340 g/mol. The van der Waals surface area contributed by atoms with Crippen LogP contribution in [0.25, 0.3) is 0 Å². The van der Waals surface area contributed by atoms with Crippen molar-refractivity contribution in [2.24, 2.45) is 0 Å². The molecule has 1 aromatic heterocycles. The molecule has 0 aliphatic carbocycles. The molecule has 0 spiro atoms. The molecule has 1 aromatic carbocycles. The molecule has 9 heteroatoms. The van der Waals surface area contributed by atoms with Gasteiger partial charge in [-0.1, -0.05) is 0 Å². The minimum Gasteiger partial charge on any atom is -0.492 e. The van der Waals surface area contributed by atoms with Gasteiger partial charge in [0.05, 0.1) is 6.04 Å². The fourth-order valence-electron chi connectivity index (χ4n) is 2.38. The number of halogens is 1. The van der Waals surface area contributed by atoms with Crippen molar-refractivity contribution in [1.29, 1.82) is 0 Å². The maximum atomic E-state index is 13.2. The quantitative estimate of drug-likeness (QED) is 0.773. The van der Waals surface area contributed by atoms with Crippen LogP contribution in [0.3, 0.4) is 0 Å². The molecule has 0 saturated heterocycles. The number of rotatable bonds is 4. The van der Waals surface area contributed by atoms with Crippen molar-refractivity contribution in [3.8, 4) is 5.75 Å². The van der Waals surface area contributed by atoms with Gasteiger partial charge in [-0.25, -0.2) is 22.3 Å². The van der Waals surface area contributed by atoms with E-state index in [1.54, 1.807) is 0 Å². The third-order valence-electron chi connectivity index (χ3n) is 3.45. The second kappa shape index (κ2) is 5.67. The molecule has 23 heavy (non-hydrogen) atoms. The van der Waals surface area contributed by atoms with Crippen molar-refractivity contribution in [2.75, 3.05) is 6.61 Å². The zero-order chi connectivity index (χ0) is 16.6. The van der Waals surface area contributed by atoms with Crippen LogP contribution >= 0.6 is 0 Å². The minimum atomic E-state index is -3.90. The maximum absolute atomic E-state index is 13.2. The van der Waals surface area contributed by atoms with E-state index in [0.717, 1.165) is 12.3 Å². The zero-order valence-electron chi connectivity index (χ0n) is 11.7. The summed E-state index contributed by atoms with van der Waals surface area (Å²) in [6.45, 7) is 0.105. The summed E-state index contributed by atoms with van der Waals surface area (Å²) in [5.74, 6) is -1.15. The lowest BCUT2D eigenvalue weighted by Crippen LogP contribution is -2.42. The molecule has 3 N–H and O–H groups in total. The summed E-state index contributed by atoms with van der Waals surface area (Å²) in [5, 5.41) is 8.82. The number of carboxylic acids is 1. The summed E-state index contributed by atoms with van der Waals surface area (Å²) < 4.78 is 45.6. The molecular formula is C14H13FN2O5S. The highest BCUT2D eigenvalue weighted by atomic mass is 32.2. The lowest BCUT2D eigenvalue weighted by atomic mass is 10.0. The minimum absolute atomic E-state index is 0.105. The van der Waals surface area contributed by atoms with Crippen LogP contribution in [0.4, 0.5) is 4.39 Å². The Bertz CT molecular complexity index is 862. The van der Waals surface area contributed by atoms with Crippen LogP contribution in [0.1, 0.15) is 16.1 Å². The van der Waals surface area contributed by atoms with Gasteiger partial charge < -0.3 is 14.8 Å². The fourth-order valence-corrected chi connectivity index (χ4v) is 3.59. The predicted octanol–water partition coefficient (Wildman–Crippen LogP) is 1.13. The predicted molar refractivity (Wildman–Crippen MR) is 77.5 cm³/mol. The maximum Gasteiger partial charge on any atom is 0.352 e. The van der Waals surface area contributed by atoms with Gasteiger partial charge in [0.1, 0.15) is 28.8 Å². The number of ether oxygens (including phenoxy) is 1. The number of aromatic nitrogens is 1. The molecule has 1 unspecified atom stereocenters. The van der Waals surface area contributed by atoms with Crippen LogP contribution in [0, 0.1) is 5.82 Å². The molecule has 0 fully saturated rings. The van der Waals surface area contributed by atoms with Crippen molar-refractivity contribution < 1.29 is 27.4 Å². The van der Waals surface area contributed by atoms with Gasteiger partial charge in [0, 0.05) is 6.20 Å². The van der Waals surface area contributed by atoms with Crippen LogP contribution < -0.4 is 9.46 Å². The van der Waals surface area contributed by atoms with Crippen LogP contribution in [0.5, 0.6) is 5.75 Å². The van der Waals surface area contributed by atoms with Crippen molar-refractivity contribution in [1.82, 2.24) is 9.71 Å². The summed E-state index contributed by atoms with van der Waals surface area (Å²) in [4.78, 5) is 13.0. The van der Waals surface area contributed by atoms with Crippen molar-refractivity contribution in [3.63, 3.8) is 0 Å². The van der Waals surface area contributed by atoms with E-state index in [1.807, 2.05) is 0 Å². The Balaban J connectivity index is 1.77. The Labute approximate surface area is 131 Å². The first-order valence-corrected chi connectivity index (χ1v) is 8.19. The average Bonchev–Trinajstić information content (AvgIpc) is 2.97. The van der Waals surface area contributed by atoms with Crippen molar-refractivity contribution in [3.05, 3.63) is 47.5 Å². The number of benzene rings is 1. The van der Waals surface area contributed by atoms with E-state index in [0.29, 0.717) is 11.3 Å². The van der Waals surface area contributed by atoms with Crippen LogP contribution in [0.2, 0.25) is 0 Å². The lowest BCUT2D eigenvalue weighted by Gasteiger charge is -2.25. The van der Waals surface area contributed by atoms with Gasteiger partial charge in [0.15, 0.2) is 0 Å². The molecule has 122 valence electrons. The molecule has 1 aliphatic rings. The van der Waals surface area contributed by atoms with E-state index in [4.69, 9.17) is 9.84 Å². The Morgan fingerprint density at radius 3 is 2.87 bits per heavy atom. The third-order valence-corrected chi connectivity index (χ3v) is 4.95. The van der Waals surface area contributed by atoms with Gasteiger partial charge in [-0.05, 0) is 36.2 Å². The number of sulfonamides is 1. The van der Waals surface area contributed by atoms with Crippen LogP contribution in [-0.2, 0) is 16.4 Å². The number of nitrogens with one attached hydrogen (secondary N) is 2. The number of aromatic carboxylic acids is 1. The second-order valence-corrected chi connectivity index (χ2v) is 6.85. The number of H-pyrrole nitrogens is 1. The summed E-state index contributed by atoms with van der Waals surface area (Å²) in [6, 6.07) is 4.53. The molecule has 1 aliphatic heterocycles. The first-order valence-electron chi connectivity index (χ1n) is 6.70. The lowest BCUT2D eigenvalue weighted by molar-refractivity contribution is 0.0691. The van der Waals surface area contributed by atoms with Crippen molar-refractivity contribution in [2.45, 2.75) is 17.4 Å². The fraction of sp³-hybridized carbons (Fsp3) is 0.214. The number of carboxylic acid groups (broad SMARTS) is 1. The van der Waals surface area contributed by atoms with Gasteiger partial charge in [0.25, 0.3) is 0 Å². The number of carbonyl (C=O) groups is 1. The molecule has 2 heterocycles. The Morgan fingerprint density at radius 1 is 1.39 bits per heavy atom. The highest BCUT2D eigenvalue weighted by molar-refractivity contribution is 7.89. The van der Waals surface area contributed by atoms with Gasteiger partial charge in [-0.3, -0.25) is 0 Å². The SMILES string of the molecule is O=C(O)c1cc(S(=O)(=O)NC2COc3ccc(F)cc3C2)c[nH]1. The largest absolute Gasteiger partial charge is 0.492 e. The Kier molecular flexibility index (Phi) is 3.82. The molecule has 0 radical (unpaired) electrons. The van der Waals surface area contributed by atoms with Gasteiger partial charge >= 0.3 is 5.97 Å². The van der Waals surface area contributed by atoms with Gasteiger partial charge in [-0.15, -0.1) is 0 Å². The molecule has 7 nitrogen and oxygen atoms in total. The normalized spacial score (nSPS) is 17.3. The molecule has 0 amide bonds. The zero-order valence-corrected chi connectivity index (χ0v) is 12.6. The van der Waals surface area contributed by atoms with E-state index in [-0.39, 0.29) is 23.6 Å². The number of aromatic amines is 1. The van der Waals surface area contributed by atoms with E-state index < -0.39 is 27.9 Å². The number of hydrogen-bond acceptors (Lipinski definition) is 4. The van der Waals surface area contributed by atoms with Crippen molar-refractivity contribution >= 4 is 16.0 Å². The number of hydrogen-bond donors (Lipinski definition) is 3. The van der Waals surface area contributed by atoms with E-state index >= 15 is 0 Å².